The van der Waals surface area contributed by atoms with Crippen molar-refractivity contribution in [2.75, 3.05) is 18.0 Å². The molecule has 0 spiro atoms. The van der Waals surface area contributed by atoms with E-state index in [4.69, 9.17) is 5.26 Å². The molecule has 3 heteroatoms. The van der Waals surface area contributed by atoms with Crippen LogP contribution >= 0.6 is 0 Å². The molecule has 0 bridgehead atoms. The number of nitriles is 1. The number of anilines is 1. The molecule has 0 atom stereocenters. The summed E-state index contributed by atoms with van der Waals surface area (Å²) in [4.78, 5) is 6.51. The molecule has 1 aromatic heterocycles. The Balaban J connectivity index is 2.09. The van der Waals surface area contributed by atoms with Gasteiger partial charge in [0, 0.05) is 13.1 Å². The molecule has 0 aromatic carbocycles. The Hall–Kier alpha value is -1.56. The Morgan fingerprint density at radius 3 is 2.76 bits per heavy atom. The van der Waals surface area contributed by atoms with Crippen LogP contribution in [0.25, 0.3) is 0 Å². The number of nitrogens with zero attached hydrogens (tertiary/aromatic N) is 3. The summed E-state index contributed by atoms with van der Waals surface area (Å²) in [6, 6.07) is 5.85. The van der Waals surface area contributed by atoms with Gasteiger partial charge in [-0.1, -0.05) is 13.8 Å². The molecule has 1 saturated heterocycles. The van der Waals surface area contributed by atoms with Gasteiger partial charge in [-0.05, 0) is 36.8 Å². The lowest BCUT2D eigenvalue weighted by atomic mass is 9.85. The van der Waals surface area contributed by atoms with Crippen molar-refractivity contribution in [1.82, 2.24) is 4.98 Å². The van der Waals surface area contributed by atoms with E-state index in [1.807, 2.05) is 12.3 Å². The van der Waals surface area contributed by atoms with Crippen molar-refractivity contribution < 1.29 is 0 Å². The minimum atomic E-state index is 0.453. The van der Waals surface area contributed by atoms with Crippen molar-refractivity contribution in [2.45, 2.75) is 33.1 Å². The lowest BCUT2D eigenvalue weighted by Crippen LogP contribution is -2.25. The minimum absolute atomic E-state index is 0.453. The molecule has 0 unspecified atom stereocenters. The molecule has 2 rings (SSSR count). The molecular weight excluding hydrogens is 210 g/mol. The summed E-state index contributed by atoms with van der Waals surface area (Å²) in [5.41, 5.74) is 2.08. The standard InChI is InChI=1S/C14H19N3/c1-14(2)6-3-8-17(9-7-14)13-5-4-12(10-15)16-11-13/h4-5,11H,3,6-9H2,1-2H3. The summed E-state index contributed by atoms with van der Waals surface area (Å²) >= 11 is 0. The van der Waals surface area contributed by atoms with E-state index < -0.39 is 0 Å². The molecule has 1 aliphatic rings. The Bertz CT molecular complexity index is 414. The predicted octanol–water partition coefficient (Wildman–Crippen LogP) is 2.97. The van der Waals surface area contributed by atoms with Gasteiger partial charge >= 0.3 is 0 Å². The maximum Gasteiger partial charge on any atom is 0.140 e. The zero-order valence-corrected chi connectivity index (χ0v) is 10.6. The van der Waals surface area contributed by atoms with E-state index in [0.717, 1.165) is 18.8 Å². The first-order valence-corrected chi connectivity index (χ1v) is 6.22. The second kappa shape index (κ2) is 4.75. The van der Waals surface area contributed by atoms with Gasteiger partial charge in [0.15, 0.2) is 0 Å². The molecule has 0 aliphatic carbocycles. The van der Waals surface area contributed by atoms with Gasteiger partial charge in [0.1, 0.15) is 11.8 Å². The van der Waals surface area contributed by atoms with Crippen LogP contribution in [-0.2, 0) is 0 Å². The van der Waals surface area contributed by atoms with E-state index in [1.165, 1.54) is 19.3 Å². The van der Waals surface area contributed by atoms with E-state index in [-0.39, 0.29) is 0 Å². The Labute approximate surface area is 103 Å². The molecule has 0 amide bonds. The third kappa shape index (κ3) is 2.97. The summed E-state index contributed by atoms with van der Waals surface area (Å²) in [7, 11) is 0. The zero-order chi connectivity index (χ0) is 12.3. The van der Waals surface area contributed by atoms with Crippen molar-refractivity contribution in [3.63, 3.8) is 0 Å². The van der Waals surface area contributed by atoms with Crippen LogP contribution in [0.2, 0.25) is 0 Å². The van der Waals surface area contributed by atoms with Crippen molar-refractivity contribution in [3.05, 3.63) is 24.0 Å². The summed E-state index contributed by atoms with van der Waals surface area (Å²) in [6.45, 7) is 6.86. The Morgan fingerprint density at radius 1 is 1.29 bits per heavy atom. The van der Waals surface area contributed by atoms with Crippen molar-refractivity contribution in [3.8, 4) is 6.07 Å². The first-order valence-electron chi connectivity index (χ1n) is 6.22. The third-order valence-corrected chi connectivity index (χ3v) is 3.57. The van der Waals surface area contributed by atoms with E-state index in [9.17, 15) is 0 Å². The van der Waals surface area contributed by atoms with Crippen LogP contribution in [0.4, 0.5) is 5.69 Å². The number of rotatable bonds is 1. The maximum absolute atomic E-state index is 8.73. The van der Waals surface area contributed by atoms with Crippen molar-refractivity contribution >= 4 is 5.69 Å². The first-order chi connectivity index (χ1) is 8.11. The molecule has 0 saturated carbocycles. The van der Waals surface area contributed by atoms with Gasteiger partial charge in [0.25, 0.3) is 0 Å². The minimum Gasteiger partial charge on any atom is -0.370 e. The van der Waals surface area contributed by atoms with Crippen molar-refractivity contribution in [1.29, 1.82) is 5.26 Å². The van der Waals surface area contributed by atoms with Gasteiger partial charge in [-0.3, -0.25) is 0 Å². The zero-order valence-electron chi connectivity index (χ0n) is 10.6. The monoisotopic (exact) mass is 229 g/mol. The van der Waals surface area contributed by atoms with Gasteiger partial charge in [0.05, 0.1) is 11.9 Å². The fraction of sp³-hybridized carbons (Fsp3) is 0.571. The predicted molar refractivity (Wildman–Crippen MR) is 68.8 cm³/mol. The molecule has 2 heterocycles. The van der Waals surface area contributed by atoms with Gasteiger partial charge in [-0.2, -0.15) is 5.26 Å². The molecule has 3 nitrogen and oxygen atoms in total. The van der Waals surface area contributed by atoms with Gasteiger partial charge in [-0.25, -0.2) is 4.98 Å². The quantitative estimate of drug-likeness (QED) is 0.743. The second-order valence-electron chi connectivity index (χ2n) is 5.52. The van der Waals surface area contributed by atoms with E-state index in [0.29, 0.717) is 11.1 Å². The fourth-order valence-corrected chi connectivity index (χ4v) is 2.32. The number of pyridine rings is 1. The van der Waals surface area contributed by atoms with Gasteiger partial charge in [-0.15, -0.1) is 0 Å². The molecule has 0 N–H and O–H groups in total. The first kappa shape index (κ1) is 11.9. The van der Waals surface area contributed by atoms with Gasteiger partial charge < -0.3 is 4.90 Å². The summed E-state index contributed by atoms with van der Waals surface area (Å²) < 4.78 is 0. The molecule has 0 radical (unpaired) electrons. The summed E-state index contributed by atoms with van der Waals surface area (Å²) in [6.07, 6.45) is 5.55. The van der Waals surface area contributed by atoms with Crippen LogP contribution in [0, 0.1) is 16.7 Å². The molecule has 17 heavy (non-hydrogen) atoms. The summed E-state index contributed by atoms with van der Waals surface area (Å²) in [5, 5.41) is 8.73. The lowest BCUT2D eigenvalue weighted by Gasteiger charge is -2.24. The normalized spacial score (nSPS) is 19.5. The third-order valence-electron chi connectivity index (χ3n) is 3.57. The Kier molecular flexibility index (Phi) is 3.33. The SMILES string of the molecule is CC1(C)CCCN(c2ccc(C#N)nc2)CC1. The van der Waals surface area contributed by atoms with Crippen LogP contribution in [-0.4, -0.2) is 18.1 Å². The largest absolute Gasteiger partial charge is 0.370 e. The van der Waals surface area contributed by atoms with E-state index in [1.54, 1.807) is 6.07 Å². The summed E-state index contributed by atoms with van der Waals surface area (Å²) in [5.74, 6) is 0. The second-order valence-corrected chi connectivity index (χ2v) is 5.52. The van der Waals surface area contributed by atoms with Crippen LogP contribution in [0.15, 0.2) is 18.3 Å². The fourth-order valence-electron chi connectivity index (χ4n) is 2.32. The van der Waals surface area contributed by atoms with Gasteiger partial charge in [0.2, 0.25) is 0 Å². The van der Waals surface area contributed by atoms with Crippen LogP contribution < -0.4 is 4.90 Å². The smallest absolute Gasteiger partial charge is 0.140 e. The number of hydrogen-bond donors (Lipinski definition) is 0. The van der Waals surface area contributed by atoms with Crippen LogP contribution in [0.5, 0.6) is 0 Å². The topological polar surface area (TPSA) is 39.9 Å². The molecular formula is C14H19N3. The number of aromatic nitrogens is 1. The van der Waals surface area contributed by atoms with Crippen molar-refractivity contribution in [2.24, 2.45) is 5.41 Å². The highest BCUT2D eigenvalue weighted by molar-refractivity contribution is 5.46. The average molecular weight is 229 g/mol. The maximum atomic E-state index is 8.73. The highest BCUT2D eigenvalue weighted by atomic mass is 15.1. The average Bonchev–Trinajstić information content (AvgIpc) is 2.50. The Morgan fingerprint density at radius 2 is 2.12 bits per heavy atom. The molecule has 90 valence electrons. The van der Waals surface area contributed by atoms with E-state index in [2.05, 4.69) is 29.8 Å². The molecule has 1 fully saturated rings. The highest BCUT2D eigenvalue weighted by Gasteiger charge is 2.23. The van der Waals surface area contributed by atoms with Crippen LogP contribution in [0.3, 0.4) is 0 Å². The molecule has 1 aliphatic heterocycles. The van der Waals surface area contributed by atoms with E-state index >= 15 is 0 Å². The molecule has 1 aromatic rings. The van der Waals surface area contributed by atoms with Crippen LogP contribution in [0.1, 0.15) is 38.8 Å². The highest BCUT2D eigenvalue weighted by Crippen LogP contribution is 2.31. The lowest BCUT2D eigenvalue weighted by molar-refractivity contribution is 0.325. The number of hydrogen-bond acceptors (Lipinski definition) is 3.